The number of carbonyl (C=O) groups is 1. The van der Waals surface area contributed by atoms with Gasteiger partial charge >= 0.3 is 0 Å². The average Bonchev–Trinajstić information content (AvgIpc) is 2.28. The molecule has 0 radical (unpaired) electrons. The minimum absolute atomic E-state index is 0.140. The number of hydrogen-bond donors (Lipinski definition) is 1. The third kappa shape index (κ3) is 4.23. The first kappa shape index (κ1) is 13.8. The molecule has 0 saturated heterocycles. The van der Waals surface area contributed by atoms with Crippen LogP contribution >= 0.6 is 11.8 Å². The van der Waals surface area contributed by atoms with Crippen LogP contribution in [0.3, 0.4) is 0 Å². The van der Waals surface area contributed by atoms with E-state index in [1.54, 1.807) is 23.9 Å². The zero-order chi connectivity index (χ0) is 12.7. The number of anilines is 1. The van der Waals surface area contributed by atoms with E-state index in [0.717, 1.165) is 11.5 Å². The van der Waals surface area contributed by atoms with Gasteiger partial charge in [0, 0.05) is 23.7 Å². The lowest BCUT2D eigenvalue weighted by Crippen LogP contribution is -2.09. The fraction of sp³-hybridized carbons (Fsp3) is 0.308. The third-order valence-corrected chi connectivity index (χ3v) is 3.13. The highest BCUT2D eigenvalue weighted by atomic mass is 32.2. The summed E-state index contributed by atoms with van der Waals surface area (Å²) in [6.45, 7) is 5.70. The van der Waals surface area contributed by atoms with Crippen LogP contribution in [0.25, 0.3) is 0 Å². The van der Waals surface area contributed by atoms with Crippen molar-refractivity contribution in [1.29, 1.82) is 0 Å². The van der Waals surface area contributed by atoms with E-state index in [-0.39, 0.29) is 11.3 Å². The van der Waals surface area contributed by atoms with E-state index in [2.05, 4.69) is 11.9 Å². The van der Waals surface area contributed by atoms with Gasteiger partial charge in [-0.3, -0.25) is 4.79 Å². The van der Waals surface area contributed by atoms with Crippen molar-refractivity contribution < 1.29 is 9.18 Å². The van der Waals surface area contributed by atoms with Gasteiger partial charge in [0.2, 0.25) is 0 Å². The van der Waals surface area contributed by atoms with Crippen LogP contribution in [-0.4, -0.2) is 23.8 Å². The van der Waals surface area contributed by atoms with Gasteiger partial charge in [-0.25, -0.2) is 4.39 Å². The zero-order valence-electron chi connectivity index (χ0n) is 9.83. The second-order valence-corrected chi connectivity index (χ2v) is 4.66. The van der Waals surface area contributed by atoms with E-state index in [0.29, 0.717) is 12.2 Å². The number of nitrogens with one attached hydrogen (secondary N) is 1. The van der Waals surface area contributed by atoms with Crippen molar-refractivity contribution in [3.05, 3.63) is 42.2 Å². The fourth-order valence-corrected chi connectivity index (χ4v) is 2.03. The predicted molar refractivity (Wildman–Crippen MR) is 72.4 cm³/mol. The molecule has 2 nitrogen and oxygen atoms in total. The van der Waals surface area contributed by atoms with Crippen LogP contribution in [0.15, 0.2) is 30.9 Å². The van der Waals surface area contributed by atoms with Crippen molar-refractivity contribution in [3.63, 3.8) is 0 Å². The first-order chi connectivity index (χ1) is 8.16. The van der Waals surface area contributed by atoms with Crippen molar-refractivity contribution >= 4 is 23.2 Å². The van der Waals surface area contributed by atoms with Crippen LogP contribution in [0, 0.1) is 5.82 Å². The quantitative estimate of drug-likeness (QED) is 0.459. The van der Waals surface area contributed by atoms with E-state index in [1.165, 1.54) is 13.0 Å². The number of hydrogen-bond acceptors (Lipinski definition) is 3. The van der Waals surface area contributed by atoms with Gasteiger partial charge in [-0.2, -0.15) is 11.8 Å². The second kappa shape index (κ2) is 7.12. The Morgan fingerprint density at radius 1 is 1.59 bits per heavy atom. The van der Waals surface area contributed by atoms with Crippen LogP contribution in [0.1, 0.15) is 17.3 Å². The largest absolute Gasteiger partial charge is 0.384 e. The van der Waals surface area contributed by atoms with Gasteiger partial charge in [0.05, 0.1) is 5.56 Å². The van der Waals surface area contributed by atoms with E-state index in [4.69, 9.17) is 0 Å². The van der Waals surface area contributed by atoms with Crippen molar-refractivity contribution in [1.82, 2.24) is 0 Å². The molecule has 0 saturated carbocycles. The summed E-state index contributed by atoms with van der Waals surface area (Å²) in [6.07, 6.45) is 1.84. The van der Waals surface area contributed by atoms with Crippen molar-refractivity contribution in [2.24, 2.45) is 0 Å². The van der Waals surface area contributed by atoms with Gasteiger partial charge in [0.25, 0.3) is 0 Å². The van der Waals surface area contributed by atoms with Crippen LogP contribution in [0.4, 0.5) is 10.1 Å². The summed E-state index contributed by atoms with van der Waals surface area (Å²) in [4.78, 5) is 11.3. The number of thioether (sulfide) groups is 1. The summed E-state index contributed by atoms with van der Waals surface area (Å²) in [6, 6.07) is 4.62. The molecule has 1 aromatic carbocycles. The maximum absolute atomic E-state index is 13.5. The van der Waals surface area contributed by atoms with Crippen molar-refractivity contribution in [2.45, 2.75) is 6.92 Å². The van der Waals surface area contributed by atoms with Crippen LogP contribution < -0.4 is 5.32 Å². The van der Waals surface area contributed by atoms with Crippen LogP contribution in [0.2, 0.25) is 0 Å². The molecule has 1 rings (SSSR count). The zero-order valence-corrected chi connectivity index (χ0v) is 10.6. The maximum atomic E-state index is 13.5. The van der Waals surface area contributed by atoms with Crippen LogP contribution in [-0.2, 0) is 0 Å². The Balaban J connectivity index is 2.61. The Bertz CT molecular complexity index is 406. The van der Waals surface area contributed by atoms with Crippen LogP contribution in [0.5, 0.6) is 0 Å². The summed E-state index contributed by atoms with van der Waals surface area (Å²) < 4.78 is 13.5. The number of rotatable bonds is 7. The van der Waals surface area contributed by atoms with Gasteiger partial charge in [0.1, 0.15) is 5.82 Å². The smallest absolute Gasteiger partial charge is 0.164 e. The van der Waals surface area contributed by atoms with Gasteiger partial charge < -0.3 is 5.32 Å². The Kier molecular flexibility index (Phi) is 5.77. The molecule has 1 N–H and O–H groups in total. The lowest BCUT2D eigenvalue weighted by Gasteiger charge is -2.10. The molecule has 1 aromatic rings. The summed E-state index contributed by atoms with van der Waals surface area (Å²) in [5.74, 6) is 1.05. The molecule has 0 aliphatic carbocycles. The summed E-state index contributed by atoms with van der Waals surface area (Å²) in [7, 11) is 0. The summed E-state index contributed by atoms with van der Waals surface area (Å²) in [5, 5.41) is 3.08. The lowest BCUT2D eigenvalue weighted by molar-refractivity contribution is 0.101. The van der Waals surface area contributed by atoms with E-state index in [9.17, 15) is 9.18 Å². The predicted octanol–water partition coefficient (Wildman–Crippen LogP) is 3.36. The average molecular weight is 253 g/mol. The summed E-state index contributed by atoms with van der Waals surface area (Å²) >= 11 is 1.73. The van der Waals surface area contributed by atoms with E-state index >= 15 is 0 Å². The molecular weight excluding hydrogens is 237 g/mol. The number of ketones is 1. The monoisotopic (exact) mass is 253 g/mol. The standard InChI is InChI=1S/C13H16FNOS/c1-3-8-17-9-7-15-12-6-4-5-11(14)13(12)10(2)16/h3-6,15H,1,7-9H2,2H3. The Morgan fingerprint density at radius 2 is 2.35 bits per heavy atom. The maximum Gasteiger partial charge on any atom is 0.164 e. The molecule has 17 heavy (non-hydrogen) atoms. The minimum atomic E-state index is -0.471. The first-order valence-electron chi connectivity index (χ1n) is 5.38. The molecule has 0 fully saturated rings. The van der Waals surface area contributed by atoms with Gasteiger partial charge in [-0.05, 0) is 19.1 Å². The molecule has 0 heterocycles. The van der Waals surface area contributed by atoms with Crippen molar-refractivity contribution in [2.75, 3.05) is 23.4 Å². The molecule has 0 bridgehead atoms. The normalized spacial score (nSPS) is 10.0. The Hall–Kier alpha value is -1.29. The number of Topliss-reactive ketones (excluding diaryl/α,β-unsaturated/α-hetero) is 1. The molecule has 0 aliphatic rings. The Labute approximate surface area is 105 Å². The Morgan fingerprint density at radius 3 is 3.00 bits per heavy atom. The second-order valence-electron chi connectivity index (χ2n) is 3.51. The van der Waals surface area contributed by atoms with Gasteiger partial charge in [0.15, 0.2) is 5.78 Å². The molecule has 0 unspecified atom stereocenters. The summed E-state index contributed by atoms with van der Waals surface area (Å²) in [5.41, 5.74) is 0.706. The first-order valence-corrected chi connectivity index (χ1v) is 6.54. The molecule has 0 aliphatic heterocycles. The van der Waals surface area contributed by atoms with E-state index in [1.807, 2.05) is 6.08 Å². The highest BCUT2D eigenvalue weighted by Crippen LogP contribution is 2.19. The molecule has 0 amide bonds. The molecular formula is C13H16FNOS. The molecule has 0 atom stereocenters. The topological polar surface area (TPSA) is 29.1 Å². The number of benzene rings is 1. The highest BCUT2D eigenvalue weighted by molar-refractivity contribution is 7.99. The third-order valence-electron chi connectivity index (χ3n) is 2.16. The molecule has 0 aromatic heterocycles. The molecule has 92 valence electrons. The van der Waals surface area contributed by atoms with E-state index < -0.39 is 5.82 Å². The van der Waals surface area contributed by atoms with Crippen molar-refractivity contribution in [3.8, 4) is 0 Å². The minimum Gasteiger partial charge on any atom is -0.384 e. The highest BCUT2D eigenvalue weighted by Gasteiger charge is 2.11. The van der Waals surface area contributed by atoms with Gasteiger partial charge in [-0.1, -0.05) is 12.1 Å². The molecule has 0 spiro atoms. The number of halogens is 1. The lowest BCUT2D eigenvalue weighted by atomic mass is 10.1. The molecule has 4 heteroatoms. The fourth-order valence-electron chi connectivity index (χ4n) is 1.45. The SMILES string of the molecule is C=CCSCCNc1cccc(F)c1C(C)=O. The van der Waals surface area contributed by atoms with Gasteiger partial charge in [-0.15, -0.1) is 6.58 Å². The number of carbonyl (C=O) groups excluding carboxylic acids is 1.